The van der Waals surface area contributed by atoms with Gasteiger partial charge in [0.2, 0.25) is 0 Å². The zero-order chi connectivity index (χ0) is 14.1. The number of rotatable bonds is 8. The van der Waals surface area contributed by atoms with Gasteiger partial charge in [-0.1, -0.05) is 12.1 Å². The molecule has 0 aliphatic rings. The quantitative estimate of drug-likeness (QED) is 0.676. The van der Waals surface area contributed by atoms with Crippen LogP contribution in [-0.4, -0.2) is 44.7 Å². The summed E-state index contributed by atoms with van der Waals surface area (Å²) in [7, 11) is 3.44. The van der Waals surface area contributed by atoms with E-state index in [0.29, 0.717) is 13.0 Å². The molecular formula is C15H23NO3. The number of nitrogens with zero attached hydrogens (tertiary/aromatic N) is 1. The van der Waals surface area contributed by atoms with Crippen molar-refractivity contribution in [2.45, 2.75) is 19.8 Å². The lowest BCUT2D eigenvalue weighted by molar-refractivity contribution is -0.140. The van der Waals surface area contributed by atoms with E-state index in [0.717, 1.165) is 25.3 Å². The van der Waals surface area contributed by atoms with Crippen molar-refractivity contribution in [2.24, 2.45) is 0 Å². The summed E-state index contributed by atoms with van der Waals surface area (Å²) in [6, 6.07) is 8.03. The van der Waals surface area contributed by atoms with Crippen LogP contribution in [0, 0.1) is 6.92 Å². The molecule has 0 saturated heterocycles. The number of carbonyl (C=O) groups excluding carboxylic acids is 1. The van der Waals surface area contributed by atoms with Gasteiger partial charge < -0.3 is 14.4 Å². The normalized spacial score (nSPS) is 10.5. The molecule has 0 bridgehead atoms. The number of hydrogen-bond donors (Lipinski definition) is 0. The standard InChI is InChI=1S/C15H23NO3/c1-13-6-4-7-14(12-13)19-11-10-16(2)9-5-8-15(17)18-3/h4,6-7,12H,5,8-11H2,1-3H3. The maximum atomic E-state index is 11.0. The third kappa shape index (κ3) is 6.82. The van der Waals surface area contributed by atoms with Gasteiger partial charge in [-0.3, -0.25) is 4.79 Å². The van der Waals surface area contributed by atoms with Crippen LogP contribution in [0.15, 0.2) is 24.3 Å². The van der Waals surface area contributed by atoms with Gasteiger partial charge in [0.1, 0.15) is 12.4 Å². The van der Waals surface area contributed by atoms with Crippen molar-refractivity contribution >= 4 is 5.97 Å². The van der Waals surface area contributed by atoms with Crippen molar-refractivity contribution in [3.05, 3.63) is 29.8 Å². The largest absolute Gasteiger partial charge is 0.492 e. The highest BCUT2D eigenvalue weighted by atomic mass is 16.5. The second-order valence-corrected chi connectivity index (χ2v) is 4.65. The van der Waals surface area contributed by atoms with E-state index in [4.69, 9.17) is 4.74 Å². The molecule has 4 nitrogen and oxygen atoms in total. The molecule has 0 aromatic heterocycles. The maximum absolute atomic E-state index is 11.0. The number of carbonyl (C=O) groups is 1. The zero-order valence-corrected chi connectivity index (χ0v) is 12.0. The highest BCUT2D eigenvalue weighted by Gasteiger charge is 2.03. The number of methoxy groups -OCH3 is 1. The van der Waals surface area contributed by atoms with Crippen LogP contribution in [0.4, 0.5) is 0 Å². The Balaban J connectivity index is 2.13. The molecule has 0 atom stereocenters. The summed E-state index contributed by atoms with van der Waals surface area (Å²) in [6.07, 6.45) is 1.28. The average Bonchev–Trinajstić information content (AvgIpc) is 2.38. The molecule has 1 aromatic rings. The molecular weight excluding hydrogens is 242 g/mol. The van der Waals surface area contributed by atoms with Crippen LogP contribution in [0.5, 0.6) is 5.75 Å². The van der Waals surface area contributed by atoms with Crippen molar-refractivity contribution in [3.8, 4) is 5.75 Å². The Morgan fingerprint density at radius 1 is 1.32 bits per heavy atom. The fourth-order valence-corrected chi connectivity index (χ4v) is 1.73. The molecule has 0 amide bonds. The van der Waals surface area contributed by atoms with E-state index in [2.05, 4.69) is 9.64 Å². The summed E-state index contributed by atoms with van der Waals surface area (Å²) in [6.45, 7) is 4.41. The highest BCUT2D eigenvalue weighted by Crippen LogP contribution is 2.12. The number of benzene rings is 1. The molecule has 0 N–H and O–H groups in total. The molecule has 0 aliphatic heterocycles. The van der Waals surface area contributed by atoms with E-state index in [9.17, 15) is 4.79 Å². The molecule has 0 aliphatic carbocycles. The molecule has 106 valence electrons. The molecule has 0 fully saturated rings. The maximum Gasteiger partial charge on any atom is 0.305 e. The highest BCUT2D eigenvalue weighted by molar-refractivity contribution is 5.69. The summed E-state index contributed by atoms with van der Waals surface area (Å²) in [5, 5.41) is 0. The van der Waals surface area contributed by atoms with Crippen molar-refractivity contribution in [1.29, 1.82) is 0 Å². The van der Waals surface area contributed by atoms with Gasteiger partial charge in [0.15, 0.2) is 0 Å². The summed E-state index contributed by atoms with van der Waals surface area (Å²) in [4.78, 5) is 13.1. The summed E-state index contributed by atoms with van der Waals surface area (Å²) in [5.41, 5.74) is 1.20. The van der Waals surface area contributed by atoms with Gasteiger partial charge in [0.05, 0.1) is 7.11 Å². The van der Waals surface area contributed by atoms with Crippen LogP contribution in [-0.2, 0) is 9.53 Å². The first kappa shape index (κ1) is 15.5. The van der Waals surface area contributed by atoms with Crippen molar-refractivity contribution in [2.75, 3.05) is 33.9 Å². The molecule has 0 heterocycles. The van der Waals surface area contributed by atoms with Gasteiger partial charge in [-0.15, -0.1) is 0 Å². The number of likely N-dealkylation sites (N-methyl/N-ethyl adjacent to an activating group) is 1. The van der Waals surface area contributed by atoms with Crippen LogP contribution in [0.3, 0.4) is 0 Å². The van der Waals surface area contributed by atoms with Crippen LogP contribution in [0.1, 0.15) is 18.4 Å². The van der Waals surface area contributed by atoms with Gasteiger partial charge in [-0.2, -0.15) is 0 Å². The van der Waals surface area contributed by atoms with E-state index in [1.807, 2.05) is 38.2 Å². The fourth-order valence-electron chi connectivity index (χ4n) is 1.73. The average molecular weight is 265 g/mol. The van der Waals surface area contributed by atoms with Gasteiger partial charge in [0, 0.05) is 13.0 Å². The van der Waals surface area contributed by atoms with Crippen molar-refractivity contribution in [3.63, 3.8) is 0 Å². The minimum atomic E-state index is -0.149. The molecule has 4 heteroatoms. The molecule has 19 heavy (non-hydrogen) atoms. The lowest BCUT2D eigenvalue weighted by atomic mass is 10.2. The zero-order valence-electron chi connectivity index (χ0n) is 12.0. The Kier molecular flexibility index (Phi) is 6.97. The number of ether oxygens (including phenoxy) is 2. The van der Waals surface area contributed by atoms with Crippen LogP contribution < -0.4 is 4.74 Å². The first-order valence-corrected chi connectivity index (χ1v) is 6.56. The molecule has 0 saturated carbocycles. The molecule has 1 aromatic carbocycles. The second-order valence-electron chi connectivity index (χ2n) is 4.65. The predicted octanol–water partition coefficient (Wildman–Crippen LogP) is 2.26. The fraction of sp³-hybridized carbons (Fsp3) is 0.533. The molecule has 0 spiro atoms. The minimum Gasteiger partial charge on any atom is -0.492 e. The minimum absolute atomic E-state index is 0.149. The van der Waals surface area contributed by atoms with Crippen molar-refractivity contribution < 1.29 is 14.3 Å². The van der Waals surface area contributed by atoms with E-state index >= 15 is 0 Å². The van der Waals surface area contributed by atoms with Gasteiger partial charge in [-0.05, 0) is 44.6 Å². The summed E-state index contributed by atoms with van der Waals surface area (Å²) in [5.74, 6) is 0.757. The van der Waals surface area contributed by atoms with Crippen LogP contribution in [0.2, 0.25) is 0 Å². The number of aryl methyl sites for hydroxylation is 1. The van der Waals surface area contributed by atoms with Gasteiger partial charge in [0.25, 0.3) is 0 Å². The number of esters is 1. The first-order chi connectivity index (χ1) is 9.11. The van der Waals surface area contributed by atoms with Crippen molar-refractivity contribution in [1.82, 2.24) is 4.90 Å². The predicted molar refractivity (Wildman–Crippen MR) is 75.4 cm³/mol. The molecule has 0 radical (unpaired) electrons. The topological polar surface area (TPSA) is 38.8 Å². The number of hydrogen-bond acceptors (Lipinski definition) is 4. The Labute approximate surface area is 115 Å². The lowest BCUT2D eigenvalue weighted by Gasteiger charge is -2.16. The third-order valence-corrected chi connectivity index (χ3v) is 2.88. The second kappa shape index (κ2) is 8.53. The third-order valence-electron chi connectivity index (χ3n) is 2.88. The van der Waals surface area contributed by atoms with E-state index in [-0.39, 0.29) is 5.97 Å². The molecule has 0 unspecified atom stereocenters. The Morgan fingerprint density at radius 3 is 2.79 bits per heavy atom. The first-order valence-electron chi connectivity index (χ1n) is 6.56. The SMILES string of the molecule is COC(=O)CCCN(C)CCOc1cccc(C)c1. The Bertz CT molecular complexity index is 393. The van der Waals surface area contributed by atoms with E-state index in [1.165, 1.54) is 12.7 Å². The van der Waals surface area contributed by atoms with E-state index in [1.54, 1.807) is 0 Å². The van der Waals surface area contributed by atoms with E-state index < -0.39 is 0 Å². The smallest absolute Gasteiger partial charge is 0.305 e. The monoisotopic (exact) mass is 265 g/mol. The molecule has 1 rings (SSSR count). The Morgan fingerprint density at radius 2 is 2.11 bits per heavy atom. The Hall–Kier alpha value is -1.55. The van der Waals surface area contributed by atoms with Crippen LogP contribution >= 0.6 is 0 Å². The summed E-state index contributed by atoms with van der Waals surface area (Å²) < 4.78 is 10.3. The van der Waals surface area contributed by atoms with Crippen LogP contribution in [0.25, 0.3) is 0 Å². The van der Waals surface area contributed by atoms with Gasteiger partial charge in [-0.25, -0.2) is 0 Å². The van der Waals surface area contributed by atoms with Gasteiger partial charge >= 0.3 is 5.97 Å². The summed E-state index contributed by atoms with van der Waals surface area (Å²) >= 11 is 0. The lowest BCUT2D eigenvalue weighted by Crippen LogP contribution is -2.25.